The van der Waals surface area contributed by atoms with Crippen LogP contribution in [0.4, 0.5) is 0 Å². The van der Waals surface area contributed by atoms with Gasteiger partial charge in [-0.05, 0) is 32.0 Å². The van der Waals surface area contributed by atoms with Crippen molar-refractivity contribution >= 4 is 27.6 Å². The molecule has 2 rings (SSSR count). The highest BCUT2D eigenvalue weighted by Gasteiger charge is 2.36. The van der Waals surface area contributed by atoms with Gasteiger partial charge >= 0.3 is 5.97 Å². The molecule has 0 aromatic heterocycles. The topological polar surface area (TPSA) is 75.7 Å². The Hall–Kier alpha value is -1.15. The van der Waals surface area contributed by atoms with Crippen LogP contribution in [0.15, 0.2) is 23.1 Å². The summed E-state index contributed by atoms with van der Waals surface area (Å²) in [5.41, 5.74) is -0.00899. The number of carbonyl (C=O) groups is 1. The number of esters is 1. The second kappa shape index (κ2) is 6.54. The van der Waals surface area contributed by atoms with Crippen molar-refractivity contribution in [3.8, 4) is 0 Å². The summed E-state index contributed by atoms with van der Waals surface area (Å²) in [6.07, 6.45) is 0. The highest BCUT2D eigenvalue weighted by Crippen LogP contribution is 2.27. The summed E-state index contributed by atoms with van der Waals surface area (Å²) >= 11 is 5.93. The SMILES string of the molecule is COC(=O)c1ccc(Cl)cc1S(=O)(=O)N1CCNC(C)C1C. The largest absolute Gasteiger partial charge is 0.465 e. The van der Waals surface area contributed by atoms with E-state index in [1.807, 2.05) is 13.8 Å². The Bertz CT molecular complexity index is 677. The highest BCUT2D eigenvalue weighted by molar-refractivity contribution is 7.89. The van der Waals surface area contributed by atoms with E-state index >= 15 is 0 Å². The van der Waals surface area contributed by atoms with Crippen molar-refractivity contribution in [2.24, 2.45) is 0 Å². The molecule has 2 atom stereocenters. The lowest BCUT2D eigenvalue weighted by Gasteiger charge is -2.37. The summed E-state index contributed by atoms with van der Waals surface area (Å²) < 4.78 is 32.0. The van der Waals surface area contributed by atoms with Gasteiger partial charge in [0.25, 0.3) is 0 Å². The maximum absolute atomic E-state index is 13.0. The average Bonchev–Trinajstić information content (AvgIpc) is 2.49. The zero-order chi connectivity index (χ0) is 16.5. The molecule has 1 aromatic rings. The minimum absolute atomic E-state index is 0.00899. The van der Waals surface area contributed by atoms with Crippen molar-refractivity contribution in [2.75, 3.05) is 20.2 Å². The first-order chi connectivity index (χ1) is 10.3. The quantitative estimate of drug-likeness (QED) is 0.839. The van der Waals surface area contributed by atoms with Crippen LogP contribution in [-0.2, 0) is 14.8 Å². The lowest BCUT2D eigenvalue weighted by atomic mass is 10.1. The first-order valence-corrected chi connectivity index (χ1v) is 8.74. The van der Waals surface area contributed by atoms with Gasteiger partial charge in [0.1, 0.15) is 0 Å². The number of carbonyl (C=O) groups excluding carboxylic acids is 1. The predicted molar refractivity (Wildman–Crippen MR) is 83.6 cm³/mol. The molecule has 0 bridgehead atoms. The molecule has 0 amide bonds. The van der Waals surface area contributed by atoms with E-state index in [2.05, 4.69) is 10.1 Å². The molecule has 1 aromatic carbocycles. The Labute approximate surface area is 135 Å². The molecule has 122 valence electrons. The minimum Gasteiger partial charge on any atom is -0.465 e. The summed E-state index contributed by atoms with van der Waals surface area (Å²) in [5, 5.41) is 3.47. The molecule has 22 heavy (non-hydrogen) atoms. The third kappa shape index (κ3) is 3.12. The summed E-state index contributed by atoms with van der Waals surface area (Å²) in [5.74, 6) is -0.703. The van der Waals surface area contributed by atoms with Gasteiger partial charge in [0, 0.05) is 30.2 Å². The van der Waals surface area contributed by atoms with Crippen molar-refractivity contribution in [2.45, 2.75) is 30.8 Å². The van der Waals surface area contributed by atoms with Gasteiger partial charge in [0.15, 0.2) is 0 Å². The smallest absolute Gasteiger partial charge is 0.339 e. The zero-order valence-electron chi connectivity index (χ0n) is 12.7. The Kier molecular flexibility index (Phi) is 5.11. The Morgan fingerprint density at radius 3 is 2.73 bits per heavy atom. The lowest BCUT2D eigenvalue weighted by molar-refractivity contribution is 0.0596. The zero-order valence-corrected chi connectivity index (χ0v) is 14.2. The van der Waals surface area contributed by atoms with E-state index in [-0.39, 0.29) is 27.6 Å². The van der Waals surface area contributed by atoms with E-state index in [1.54, 1.807) is 0 Å². The van der Waals surface area contributed by atoms with Crippen molar-refractivity contribution in [3.63, 3.8) is 0 Å². The van der Waals surface area contributed by atoms with E-state index in [4.69, 9.17) is 11.6 Å². The van der Waals surface area contributed by atoms with Gasteiger partial charge in [-0.1, -0.05) is 11.6 Å². The van der Waals surface area contributed by atoms with Gasteiger partial charge in [-0.2, -0.15) is 4.31 Å². The van der Waals surface area contributed by atoms with Gasteiger partial charge in [0.05, 0.1) is 17.6 Å². The van der Waals surface area contributed by atoms with Gasteiger partial charge in [-0.15, -0.1) is 0 Å². The van der Waals surface area contributed by atoms with Crippen LogP contribution in [-0.4, -0.2) is 51.0 Å². The summed E-state index contributed by atoms with van der Waals surface area (Å²) in [6, 6.07) is 3.92. The molecular formula is C14H19ClN2O4S. The number of piperazine rings is 1. The van der Waals surface area contributed by atoms with Gasteiger partial charge < -0.3 is 10.1 Å². The number of hydrogen-bond acceptors (Lipinski definition) is 5. The molecule has 0 aliphatic carbocycles. The van der Waals surface area contributed by atoms with E-state index in [9.17, 15) is 13.2 Å². The molecule has 0 radical (unpaired) electrons. The normalized spacial score (nSPS) is 23.3. The third-order valence-electron chi connectivity index (χ3n) is 3.91. The summed E-state index contributed by atoms with van der Waals surface area (Å²) in [6.45, 7) is 4.64. The number of sulfonamides is 1. The molecule has 6 nitrogen and oxygen atoms in total. The van der Waals surface area contributed by atoms with E-state index in [1.165, 1.54) is 29.6 Å². The van der Waals surface area contributed by atoms with E-state index < -0.39 is 16.0 Å². The molecule has 8 heteroatoms. The van der Waals surface area contributed by atoms with Crippen LogP contribution < -0.4 is 5.32 Å². The number of methoxy groups -OCH3 is 1. The Balaban J connectivity index is 2.53. The summed E-state index contributed by atoms with van der Waals surface area (Å²) in [7, 11) is -2.63. The standard InChI is InChI=1S/C14H19ClN2O4S/c1-9-10(2)17(7-6-16-9)22(19,20)13-8-11(15)4-5-12(13)14(18)21-3/h4-5,8-10,16H,6-7H2,1-3H3. The van der Waals surface area contributed by atoms with Crippen LogP contribution in [0, 0.1) is 0 Å². The molecule has 1 heterocycles. The van der Waals surface area contributed by atoms with Crippen LogP contribution in [0.2, 0.25) is 5.02 Å². The van der Waals surface area contributed by atoms with Crippen molar-refractivity contribution in [1.82, 2.24) is 9.62 Å². The van der Waals surface area contributed by atoms with Gasteiger partial charge in [-0.25, -0.2) is 13.2 Å². The Morgan fingerprint density at radius 1 is 1.41 bits per heavy atom. The number of nitrogens with zero attached hydrogens (tertiary/aromatic N) is 1. The number of benzene rings is 1. The fourth-order valence-electron chi connectivity index (χ4n) is 2.48. The number of ether oxygens (including phenoxy) is 1. The van der Waals surface area contributed by atoms with Gasteiger partial charge in [0.2, 0.25) is 10.0 Å². The molecule has 1 saturated heterocycles. The molecule has 0 saturated carbocycles. The molecule has 2 unspecified atom stereocenters. The van der Waals surface area contributed by atoms with Crippen LogP contribution in [0.1, 0.15) is 24.2 Å². The van der Waals surface area contributed by atoms with Crippen LogP contribution in [0.5, 0.6) is 0 Å². The monoisotopic (exact) mass is 346 g/mol. The fourth-order valence-corrected chi connectivity index (χ4v) is 4.63. The van der Waals surface area contributed by atoms with Crippen molar-refractivity contribution in [1.29, 1.82) is 0 Å². The first-order valence-electron chi connectivity index (χ1n) is 6.92. The number of halogens is 1. The Morgan fingerprint density at radius 2 is 2.09 bits per heavy atom. The molecular weight excluding hydrogens is 328 g/mol. The molecule has 1 N–H and O–H groups in total. The van der Waals surface area contributed by atoms with Crippen LogP contribution >= 0.6 is 11.6 Å². The van der Waals surface area contributed by atoms with Crippen molar-refractivity contribution < 1.29 is 17.9 Å². The van der Waals surface area contributed by atoms with Gasteiger partial charge in [-0.3, -0.25) is 0 Å². The maximum Gasteiger partial charge on any atom is 0.339 e. The lowest BCUT2D eigenvalue weighted by Crippen LogP contribution is -2.57. The number of rotatable bonds is 3. The van der Waals surface area contributed by atoms with Crippen molar-refractivity contribution in [3.05, 3.63) is 28.8 Å². The predicted octanol–water partition coefficient (Wildman–Crippen LogP) is 1.50. The maximum atomic E-state index is 13.0. The second-order valence-electron chi connectivity index (χ2n) is 5.23. The number of nitrogens with one attached hydrogen (secondary N) is 1. The molecule has 1 aliphatic rings. The van der Waals surface area contributed by atoms with Crippen LogP contribution in [0.3, 0.4) is 0 Å². The third-order valence-corrected chi connectivity index (χ3v) is 6.17. The molecule has 0 spiro atoms. The van der Waals surface area contributed by atoms with E-state index in [0.717, 1.165) is 0 Å². The van der Waals surface area contributed by atoms with Crippen LogP contribution in [0.25, 0.3) is 0 Å². The second-order valence-corrected chi connectivity index (χ2v) is 7.53. The highest BCUT2D eigenvalue weighted by atomic mass is 35.5. The number of hydrogen-bond donors (Lipinski definition) is 1. The first kappa shape index (κ1) is 17.2. The fraction of sp³-hybridized carbons (Fsp3) is 0.500. The molecule has 1 aliphatic heterocycles. The van der Waals surface area contributed by atoms with E-state index in [0.29, 0.717) is 13.1 Å². The minimum atomic E-state index is -3.84. The molecule has 1 fully saturated rings. The summed E-state index contributed by atoms with van der Waals surface area (Å²) in [4.78, 5) is 11.7. The average molecular weight is 347 g/mol.